The number of nitrogens with two attached hydrogens (primary N) is 1. The van der Waals surface area contributed by atoms with Crippen LogP contribution in [0.3, 0.4) is 0 Å². The predicted octanol–water partition coefficient (Wildman–Crippen LogP) is 1.10. The molecular weight excluding hydrogens is 304 g/mol. The fourth-order valence-corrected chi connectivity index (χ4v) is 2.24. The Morgan fingerprint density at radius 1 is 1.45 bits per heavy atom. The third-order valence-corrected chi connectivity index (χ3v) is 3.86. The minimum Gasteiger partial charge on any atom is -0.380 e. The van der Waals surface area contributed by atoms with Crippen LogP contribution in [0, 0.1) is 0 Å². The number of rotatable bonds is 6. The quantitative estimate of drug-likeness (QED) is 0.795. The molecule has 0 bridgehead atoms. The molecule has 0 aliphatic rings. The molecule has 1 aromatic carbocycles. The number of amides is 1. The number of carbonyl (C=O) groups excluding carboxylic acids is 1. The van der Waals surface area contributed by atoms with Gasteiger partial charge in [-0.05, 0) is 25.1 Å². The summed E-state index contributed by atoms with van der Waals surface area (Å²) in [5, 5.41) is 5.21. The van der Waals surface area contributed by atoms with Crippen molar-refractivity contribution in [3.8, 4) is 0 Å². The highest BCUT2D eigenvalue weighted by atomic mass is 35.5. The van der Waals surface area contributed by atoms with Gasteiger partial charge in [0, 0.05) is 20.2 Å². The van der Waals surface area contributed by atoms with Crippen molar-refractivity contribution < 1.29 is 17.9 Å². The Morgan fingerprint density at radius 2 is 2.10 bits per heavy atom. The molecule has 0 aromatic heterocycles. The number of hydrogen-bond acceptors (Lipinski definition) is 4. The van der Waals surface area contributed by atoms with E-state index in [1.54, 1.807) is 7.05 Å². The van der Waals surface area contributed by atoms with Crippen molar-refractivity contribution in [3.63, 3.8) is 0 Å². The number of primary sulfonamides is 1. The molecule has 112 valence electrons. The second kappa shape index (κ2) is 7.03. The summed E-state index contributed by atoms with van der Waals surface area (Å²) < 4.78 is 27.7. The van der Waals surface area contributed by atoms with Crippen LogP contribution in [0.1, 0.15) is 17.3 Å². The lowest BCUT2D eigenvalue weighted by atomic mass is 10.2. The van der Waals surface area contributed by atoms with E-state index in [-0.39, 0.29) is 21.4 Å². The first-order valence-electron chi connectivity index (χ1n) is 5.93. The van der Waals surface area contributed by atoms with Gasteiger partial charge in [-0.3, -0.25) is 4.79 Å². The summed E-state index contributed by atoms with van der Waals surface area (Å²) in [7, 11) is -2.29. The Kier molecular flexibility index (Phi) is 5.94. The smallest absolute Gasteiger partial charge is 0.255 e. The van der Waals surface area contributed by atoms with Gasteiger partial charge in [0.25, 0.3) is 5.91 Å². The lowest BCUT2D eigenvalue weighted by Crippen LogP contribution is -2.30. The molecule has 1 rings (SSSR count). The molecular formula is C12H17ClN2O4S. The van der Waals surface area contributed by atoms with Gasteiger partial charge in [-0.2, -0.15) is 0 Å². The molecule has 20 heavy (non-hydrogen) atoms. The molecule has 0 saturated carbocycles. The van der Waals surface area contributed by atoms with Crippen molar-refractivity contribution in [1.29, 1.82) is 0 Å². The Morgan fingerprint density at radius 3 is 2.65 bits per heavy atom. The average molecular weight is 321 g/mol. The lowest BCUT2D eigenvalue weighted by molar-refractivity contribution is 0.0710. The number of sulfonamides is 1. The maximum Gasteiger partial charge on any atom is 0.255 e. The lowest BCUT2D eigenvalue weighted by Gasteiger charge is -2.18. The fourth-order valence-electron chi connectivity index (χ4n) is 1.50. The van der Waals surface area contributed by atoms with Crippen LogP contribution in [0.2, 0.25) is 5.02 Å². The molecule has 0 saturated heterocycles. The highest BCUT2D eigenvalue weighted by Gasteiger charge is 2.18. The summed E-state index contributed by atoms with van der Waals surface area (Å²) in [4.78, 5) is 13.4. The van der Waals surface area contributed by atoms with Gasteiger partial charge in [0.15, 0.2) is 0 Å². The molecule has 1 amide bonds. The zero-order chi connectivity index (χ0) is 15.3. The minimum atomic E-state index is -3.88. The third-order valence-electron chi connectivity index (χ3n) is 2.62. The van der Waals surface area contributed by atoms with Gasteiger partial charge in [-0.25, -0.2) is 13.6 Å². The van der Waals surface area contributed by atoms with E-state index in [9.17, 15) is 13.2 Å². The maximum absolute atomic E-state index is 12.2. The van der Waals surface area contributed by atoms with Gasteiger partial charge in [-0.1, -0.05) is 11.6 Å². The van der Waals surface area contributed by atoms with E-state index in [2.05, 4.69) is 0 Å². The molecule has 2 N–H and O–H groups in total. The molecule has 0 fully saturated rings. The van der Waals surface area contributed by atoms with E-state index >= 15 is 0 Å². The van der Waals surface area contributed by atoms with Crippen LogP contribution in [0.25, 0.3) is 0 Å². The van der Waals surface area contributed by atoms with Crippen molar-refractivity contribution in [3.05, 3.63) is 28.8 Å². The van der Waals surface area contributed by atoms with Crippen molar-refractivity contribution in [1.82, 2.24) is 4.90 Å². The number of benzene rings is 1. The van der Waals surface area contributed by atoms with Crippen molar-refractivity contribution in [2.24, 2.45) is 5.14 Å². The number of ether oxygens (including phenoxy) is 1. The third kappa shape index (κ3) is 4.45. The fraction of sp³-hybridized carbons (Fsp3) is 0.417. The summed E-state index contributed by atoms with van der Waals surface area (Å²) in [6.07, 6.45) is 0. The minimum absolute atomic E-state index is 0.0946. The summed E-state index contributed by atoms with van der Waals surface area (Å²) in [6.45, 7) is 3.19. The Hall–Kier alpha value is -1.15. The zero-order valence-electron chi connectivity index (χ0n) is 11.3. The van der Waals surface area contributed by atoms with E-state index in [0.717, 1.165) is 0 Å². The molecule has 0 aliphatic heterocycles. The van der Waals surface area contributed by atoms with Crippen LogP contribution >= 0.6 is 11.6 Å². The molecule has 8 heteroatoms. The maximum atomic E-state index is 12.2. The molecule has 1 aromatic rings. The second-order valence-electron chi connectivity index (χ2n) is 4.11. The van der Waals surface area contributed by atoms with E-state index in [1.165, 1.54) is 23.1 Å². The number of carbonyl (C=O) groups is 1. The van der Waals surface area contributed by atoms with E-state index in [4.69, 9.17) is 21.5 Å². The predicted molar refractivity (Wildman–Crippen MR) is 76.3 cm³/mol. The summed E-state index contributed by atoms with van der Waals surface area (Å²) >= 11 is 5.93. The molecule has 0 aliphatic carbocycles. The van der Waals surface area contributed by atoms with Crippen molar-refractivity contribution in [2.45, 2.75) is 11.8 Å². The van der Waals surface area contributed by atoms with E-state index in [0.29, 0.717) is 19.8 Å². The molecule has 0 unspecified atom stereocenters. The van der Waals surface area contributed by atoms with Gasteiger partial charge in [0.2, 0.25) is 10.0 Å². The van der Waals surface area contributed by atoms with Crippen LogP contribution < -0.4 is 5.14 Å². The molecule has 0 spiro atoms. The van der Waals surface area contributed by atoms with Crippen LogP contribution in [0.4, 0.5) is 0 Å². The Labute approximate surface area is 123 Å². The van der Waals surface area contributed by atoms with Gasteiger partial charge < -0.3 is 9.64 Å². The van der Waals surface area contributed by atoms with Gasteiger partial charge in [-0.15, -0.1) is 0 Å². The zero-order valence-corrected chi connectivity index (χ0v) is 12.9. The van der Waals surface area contributed by atoms with Crippen molar-refractivity contribution >= 4 is 27.5 Å². The largest absolute Gasteiger partial charge is 0.380 e. The summed E-state index contributed by atoms with van der Waals surface area (Å²) in [5.41, 5.74) is 0.0946. The first kappa shape index (κ1) is 16.9. The normalized spacial score (nSPS) is 11.4. The van der Waals surface area contributed by atoms with Gasteiger partial charge in [0.1, 0.15) is 0 Å². The van der Waals surface area contributed by atoms with Crippen molar-refractivity contribution in [2.75, 3.05) is 26.8 Å². The highest BCUT2D eigenvalue weighted by Crippen LogP contribution is 2.21. The van der Waals surface area contributed by atoms with Gasteiger partial charge in [0.05, 0.1) is 22.1 Å². The topological polar surface area (TPSA) is 89.7 Å². The summed E-state index contributed by atoms with van der Waals surface area (Å²) in [6, 6.07) is 3.77. The SMILES string of the molecule is CCOCCN(C)C(=O)c1cc(S(N)(=O)=O)ccc1Cl. The van der Waals surface area contributed by atoms with Crippen LogP contribution in [-0.4, -0.2) is 46.0 Å². The van der Waals surface area contributed by atoms with Crippen LogP contribution in [0.5, 0.6) is 0 Å². The van der Waals surface area contributed by atoms with Crippen LogP contribution in [0.15, 0.2) is 23.1 Å². The first-order valence-corrected chi connectivity index (χ1v) is 7.85. The second-order valence-corrected chi connectivity index (χ2v) is 6.08. The standard InChI is InChI=1S/C12H17ClN2O4S/c1-3-19-7-6-15(2)12(16)10-8-9(20(14,17)18)4-5-11(10)13/h4-5,8H,3,6-7H2,1-2H3,(H2,14,17,18). The molecule has 0 radical (unpaired) electrons. The molecule has 6 nitrogen and oxygen atoms in total. The average Bonchev–Trinajstić information content (AvgIpc) is 2.37. The van der Waals surface area contributed by atoms with Crippen LogP contribution in [-0.2, 0) is 14.8 Å². The Balaban J connectivity index is 2.97. The number of halogens is 1. The van der Waals surface area contributed by atoms with Gasteiger partial charge >= 0.3 is 0 Å². The van der Waals surface area contributed by atoms with E-state index in [1.807, 2.05) is 6.92 Å². The number of likely N-dealkylation sites (N-methyl/N-ethyl adjacent to an activating group) is 1. The van der Waals surface area contributed by atoms with E-state index < -0.39 is 10.0 Å². The molecule has 0 atom stereocenters. The summed E-state index contributed by atoms with van der Waals surface area (Å²) in [5.74, 6) is -0.389. The monoisotopic (exact) mass is 320 g/mol. The first-order chi connectivity index (χ1) is 9.27. The molecule has 0 heterocycles. The number of hydrogen-bond donors (Lipinski definition) is 1. The number of nitrogens with zero attached hydrogens (tertiary/aromatic N) is 1. The highest BCUT2D eigenvalue weighted by molar-refractivity contribution is 7.89. The Bertz CT molecular complexity index is 589.